The molecule has 3 heterocycles. The lowest BCUT2D eigenvalue weighted by Crippen LogP contribution is -2.47. The maximum Gasteiger partial charge on any atom is 0.257 e. The molecule has 146 valence electrons. The van der Waals surface area contributed by atoms with E-state index < -0.39 is 0 Å². The molecule has 0 saturated carbocycles. The molecule has 4 N–H and O–H groups in total. The van der Waals surface area contributed by atoms with E-state index in [0.717, 1.165) is 39.4 Å². The standard InChI is InChI=1S/C24H18N4OS/c25-11-15-6-8-17(9-7-15)22-18(16-4-2-1-3-5-16)10-19-23(28-22)20(12-27-24(19)29)21-13-26-14-30-21/h1-10,12-14H,11,25H2,(H,27,29)/p+1. The number of fused-ring (bicyclic) bond motifs is 1. The molecule has 0 radical (unpaired) electrons. The lowest BCUT2D eigenvalue weighted by Gasteiger charge is -2.13. The van der Waals surface area contributed by atoms with Gasteiger partial charge in [-0.15, -0.1) is 11.3 Å². The van der Waals surface area contributed by atoms with Crippen molar-refractivity contribution in [3.63, 3.8) is 0 Å². The predicted octanol–water partition coefficient (Wildman–Crippen LogP) is 4.12. The first kappa shape index (κ1) is 18.4. The molecule has 0 spiro atoms. The first-order valence-corrected chi connectivity index (χ1v) is 10.5. The molecule has 5 nitrogen and oxygen atoms in total. The SMILES string of the molecule is [NH3+]Cc1ccc(-c2nc3c(-c4cncs4)c[nH]c(=O)c3cc2-c2ccccc2)cc1. The van der Waals surface area contributed by atoms with E-state index in [1.54, 1.807) is 17.9 Å². The molecular formula is C24H19N4OS+. The number of nitrogens with zero attached hydrogens (tertiary/aromatic N) is 2. The second-order valence-electron chi connectivity index (χ2n) is 6.99. The number of H-pyrrole nitrogens is 1. The second-order valence-corrected chi connectivity index (χ2v) is 7.88. The summed E-state index contributed by atoms with van der Waals surface area (Å²) in [7, 11) is 0. The Morgan fingerprint density at radius 3 is 2.47 bits per heavy atom. The summed E-state index contributed by atoms with van der Waals surface area (Å²) in [6.07, 6.45) is 3.52. The first-order valence-electron chi connectivity index (χ1n) is 9.64. The Morgan fingerprint density at radius 2 is 1.77 bits per heavy atom. The molecule has 0 aliphatic rings. The molecule has 2 aromatic carbocycles. The van der Waals surface area contributed by atoms with Crippen molar-refractivity contribution in [1.29, 1.82) is 0 Å². The van der Waals surface area contributed by atoms with Gasteiger partial charge in [0, 0.05) is 34.6 Å². The summed E-state index contributed by atoms with van der Waals surface area (Å²) >= 11 is 1.52. The summed E-state index contributed by atoms with van der Waals surface area (Å²) in [6.45, 7) is 0.738. The van der Waals surface area contributed by atoms with Crippen molar-refractivity contribution in [3.8, 4) is 32.8 Å². The molecule has 0 saturated heterocycles. The van der Waals surface area contributed by atoms with Crippen LogP contribution < -0.4 is 11.3 Å². The van der Waals surface area contributed by atoms with E-state index in [2.05, 4.69) is 40.0 Å². The van der Waals surface area contributed by atoms with E-state index in [0.29, 0.717) is 10.9 Å². The van der Waals surface area contributed by atoms with Gasteiger partial charge in [0.05, 0.1) is 33.5 Å². The maximum absolute atomic E-state index is 12.7. The zero-order chi connectivity index (χ0) is 20.5. The average Bonchev–Trinajstić information content (AvgIpc) is 3.34. The van der Waals surface area contributed by atoms with Crippen LogP contribution in [0.25, 0.3) is 43.7 Å². The molecule has 0 bridgehead atoms. The molecule has 0 atom stereocenters. The maximum atomic E-state index is 12.7. The highest BCUT2D eigenvalue weighted by atomic mass is 32.1. The fourth-order valence-corrected chi connectivity index (χ4v) is 4.24. The second kappa shape index (κ2) is 7.67. The number of aromatic nitrogens is 3. The number of benzene rings is 2. The summed E-state index contributed by atoms with van der Waals surface area (Å²) < 4.78 is 0. The number of hydrogen-bond donors (Lipinski definition) is 2. The van der Waals surface area contributed by atoms with Crippen LogP contribution in [0.5, 0.6) is 0 Å². The van der Waals surface area contributed by atoms with E-state index in [4.69, 9.17) is 4.98 Å². The van der Waals surface area contributed by atoms with Gasteiger partial charge in [0.25, 0.3) is 5.56 Å². The van der Waals surface area contributed by atoms with E-state index in [-0.39, 0.29) is 5.56 Å². The van der Waals surface area contributed by atoms with Crippen molar-refractivity contribution in [2.24, 2.45) is 0 Å². The van der Waals surface area contributed by atoms with E-state index in [1.165, 1.54) is 16.9 Å². The molecule has 0 aliphatic carbocycles. The average molecular weight is 412 g/mol. The van der Waals surface area contributed by atoms with Crippen molar-refractivity contribution >= 4 is 22.2 Å². The van der Waals surface area contributed by atoms with Gasteiger partial charge >= 0.3 is 0 Å². The summed E-state index contributed by atoms with van der Waals surface area (Å²) in [5, 5.41) is 0.567. The molecule has 3 aromatic heterocycles. The normalized spacial score (nSPS) is 11.1. The van der Waals surface area contributed by atoms with E-state index >= 15 is 0 Å². The van der Waals surface area contributed by atoms with Gasteiger partial charge in [-0.2, -0.15) is 0 Å². The summed E-state index contributed by atoms with van der Waals surface area (Å²) in [4.78, 5) is 25.8. The molecule has 5 rings (SSSR count). The third-order valence-corrected chi connectivity index (χ3v) is 5.97. The first-order chi connectivity index (χ1) is 14.7. The van der Waals surface area contributed by atoms with Crippen LogP contribution in [0, 0.1) is 0 Å². The molecule has 0 fully saturated rings. The zero-order valence-electron chi connectivity index (χ0n) is 16.1. The predicted molar refractivity (Wildman–Crippen MR) is 121 cm³/mol. The van der Waals surface area contributed by atoms with Gasteiger partial charge in [-0.05, 0) is 11.6 Å². The van der Waals surface area contributed by atoms with Gasteiger partial charge < -0.3 is 10.7 Å². The Hall–Kier alpha value is -3.61. The molecule has 0 unspecified atom stereocenters. The highest BCUT2D eigenvalue weighted by Gasteiger charge is 2.16. The minimum absolute atomic E-state index is 0.151. The molecule has 0 aliphatic heterocycles. The fraction of sp³-hybridized carbons (Fsp3) is 0.0417. The van der Waals surface area contributed by atoms with Gasteiger partial charge in [-0.1, -0.05) is 54.6 Å². The lowest BCUT2D eigenvalue weighted by molar-refractivity contribution is -0.386. The minimum atomic E-state index is -0.151. The van der Waals surface area contributed by atoms with E-state index in [1.807, 2.05) is 36.4 Å². The molecule has 6 heteroatoms. The largest absolute Gasteiger partial charge is 0.354 e. The molecule has 5 aromatic rings. The van der Waals surface area contributed by atoms with Gasteiger partial charge in [0.15, 0.2) is 0 Å². The van der Waals surface area contributed by atoms with Gasteiger partial charge in [0.2, 0.25) is 0 Å². The quantitative estimate of drug-likeness (QED) is 0.466. The Balaban J connectivity index is 1.85. The van der Waals surface area contributed by atoms with Crippen molar-refractivity contribution in [2.75, 3.05) is 0 Å². The van der Waals surface area contributed by atoms with Crippen LogP contribution in [0.1, 0.15) is 5.56 Å². The van der Waals surface area contributed by atoms with Crippen LogP contribution in [-0.2, 0) is 6.54 Å². The van der Waals surface area contributed by atoms with Crippen LogP contribution in [0.4, 0.5) is 0 Å². The third kappa shape index (κ3) is 3.22. The Bertz CT molecular complexity index is 1380. The van der Waals surface area contributed by atoms with E-state index in [9.17, 15) is 4.79 Å². The number of quaternary nitrogens is 1. The number of hydrogen-bond acceptors (Lipinski definition) is 4. The van der Waals surface area contributed by atoms with Crippen molar-refractivity contribution < 1.29 is 5.73 Å². The highest BCUT2D eigenvalue weighted by molar-refractivity contribution is 7.13. The van der Waals surface area contributed by atoms with Crippen LogP contribution in [0.2, 0.25) is 0 Å². The molecule has 30 heavy (non-hydrogen) atoms. The van der Waals surface area contributed by atoms with Crippen LogP contribution in [-0.4, -0.2) is 15.0 Å². The smallest absolute Gasteiger partial charge is 0.257 e. The van der Waals surface area contributed by atoms with Crippen LogP contribution >= 0.6 is 11.3 Å². The van der Waals surface area contributed by atoms with Crippen LogP contribution in [0.3, 0.4) is 0 Å². The lowest BCUT2D eigenvalue weighted by atomic mass is 9.96. The summed E-state index contributed by atoms with van der Waals surface area (Å²) in [6, 6.07) is 20.3. The van der Waals surface area contributed by atoms with Crippen molar-refractivity contribution in [1.82, 2.24) is 15.0 Å². The topological polar surface area (TPSA) is 86.3 Å². The minimum Gasteiger partial charge on any atom is -0.354 e. The number of rotatable bonds is 4. The van der Waals surface area contributed by atoms with Gasteiger partial charge in [-0.3, -0.25) is 9.78 Å². The van der Waals surface area contributed by atoms with Crippen molar-refractivity contribution in [2.45, 2.75) is 6.54 Å². The molecular weight excluding hydrogens is 392 g/mol. The van der Waals surface area contributed by atoms with Crippen LogP contribution in [0.15, 0.2) is 83.4 Å². The highest BCUT2D eigenvalue weighted by Crippen LogP contribution is 2.36. The summed E-state index contributed by atoms with van der Waals surface area (Å²) in [5.41, 5.74) is 12.1. The third-order valence-electron chi connectivity index (χ3n) is 5.17. The Morgan fingerprint density at radius 1 is 0.967 bits per heavy atom. The number of pyridine rings is 2. The Labute approximate surface area is 176 Å². The zero-order valence-corrected chi connectivity index (χ0v) is 16.9. The summed E-state index contributed by atoms with van der Waals surface area (Å²) in [5.74, 6) is 0. The van der Waals surface area contributed by atoms with Gasteiger partial charge in [-0.25, -0.2) is 4.98 Å². The fourth-order valence-electron chi connectivity index (χ4n) is 3.60. The van der Waals surface area contributed by atoms with Crippen molar-refractivity contribution in [3.05, 3.63) is 94.5 Å². The molecule has 0 amide bonds. The number of nitrogens with one attached hydrogen (secondary N) is 1. The number of aromatic amines is 1. The van der Waals surface area contributed by atoms with Gasteiger partial charge in [0.1, 0.15) is 0 Å². The monoisotopic (exact) mass is 411 g/mol. The Kier molecular flexibility index (Phi) is 4.71. The number of thiazole rings is 1.